The summed E-state index contributed by atoms with van der Waals surface area (Å²) >= 11 is 3.47. The van der Waals surface area contributed by atoms with Gasteiger partial charge in [0, 0.05) is 16.3 Å². The second kappa shape index (κ2) is 3.56. The van der Waals surface area contributed by atoms with Gasteiger partial charge >= 0.3 is 0 Å². The molecular formula is C12H12BrNO. The van der Waals surface area contributed by atoms with E-state index in [4.69, 9.17) is 0 Å². The van der Waals surface area contributed by atoms with Gasteiger partial charge in [-0.2, -0.15) is 0 Å². The molecule has 0 fully saturated rings. The summed E-state index contributed by atoms with van der Waals surface area (Å²) in [6, 6.07) is 2.01. The minimum absolute atomic E-state index is 0.107. The van der Waals surface area contributed by atoms with Crippen molar-refractivity contribution in [3.63, 3.8) is 0 Å². The van der Waals surface area contributed by atoms with E-state index < -0.39 is 0 Å². The summed E-state index contributed by atoms with van der Waals surface area (Å²) in [4.78, 5) is 16.4. The second-order valence-corrected chi connectivity index (χ2v) is 4.81. The predicted octanol–water partition coefficient (Wildman–Crippen LogP) is 3.60. The van der Waals surface area contributed by atoms with Gasteiger partial charge in [-0.3, -0.25) is 9.79 Å². The number of halogens is 1. The standard InChI is InChI=1S/C12H12BrNO/c1-6-4-9(13)8(3)10-11(6)14-5-7(2)12(10)15/h4-5,7H,1-3H3. The van der Waals surface area contributed by atoms with Gasteiger partial charge in [-0.1, -0.05) is 22.9 Å². The molecule has 1 aromatic rings. The molecule has 2 nitrogen and oxygen atoms in total. The van der Waals surface area contributed by atoms with E-state index in [-0.39, 0.29) is 11.7 Å². The van der Waals surface area contributed by atoms with E-state index in [1.54, 1.807) is 6.21 Å². The highest BCUT2D eigenvalue weighted by molar-refractivity contribution is 9.10. The summed E-state index contributed by atoms with van der Waals surface area (Å²) in [7, 11) is 0. The molecule has 0 saturated heterocycles. The molecule has 0 amide bonds. The molecule has 0 N–H and O–H groups in total. The summed E-state index contributed by atoms with van der Waals surface area (Å²) in [5.74, 6) is 0.0619. The lowest BCUT2D eigenvalue weighted by Gasteiger charge is -2.18. The molecule has 1 aliphatic heterocycles. The number of aryl methyl sites for hydroxylation is 1. The lowest BCUT2D eigenvalue weighted by molar-refractivity contribution is 0.0961. The van der Waals surface area contributed by atoms with Crippen LogP contribution < -0.4 is 0 Å². The molecule has 1 aliphatic rings. The van der Waals surface area contributed by atoms with Gasteiger partial charge in [0.05, 0.1) is 11.6 Å². The Morgan fingerprint density at radius 1 is 1.40 bits per heavy atom. The minimum Gasteiger partial charge on any atom is -0.293 e. The molecular weight excluding hydrogens is 254 g/mol. The van der Waals surface area contributed by atoms with Crippen LogP contribution in [0.5, 0.6) is 0 Å². The summed E-state index contributed by atoms with van der Waals surface area (Å²) in [6.07, 6.45) is 1.73. The van der Waals surface area contributed by atoms with E-state index in [0.717, 1.165) is 26.9 Å². The predicted molar refractivity (Wildman–Crippen MR) is 65.3 cm³/mol. The minimum atomic E-state index is -0.107. The van der Waals surface area contributed by atoms with Crippen molar-refractivity contribution in [1.82, 2.24) is 0 Å². The molecule has 15 heavy (non-hydrogen) atoms. The van der Waals surface area contributed by atoms with Crippen molar-refractivity contribution in [1.29, 1.82) is 0 Å². The van der Waals surface area contributed by atoms with Gasteiger partial charge in [-0.05, 0) is 31.0 Å². The van der Waals surface area contributed by atoms with Crippen LogP contribution >= 0.6 is 15.9 Å². The van der Waals surface area contributed by atoms with Crippen LogP contribution in [-0.4, -0.2) is 12.0 Å². The first-order valence-electron chi connectivity index (χ1n) is 4.90. The Morgan fingerprint density at radius 3 is 2.73 bits per heavy atom. The molecule has 0 radical (unpaired) electrons. The zero-order valence-corrected chi connectivity index (χ0v) is 10.6. The lowest BCUT2D eigenvalue weighted by atomic mass is 9.91. The monoisotopic (exact) mass is 265 g/mol. The summed E-state index contributed by atoms with van der Waals surface area (Å²) in [5, 5.41) is 0. The third-order valence-electron chi connectivity index (χ3n) is 2.77. The Labute approximate surface area is 97.5 Å². The van der Waals surface area contributed by atoms with Crippen LogP contribution in [0.3, 0.4) is 0 Å². The molecule has 0 bridgehead atoms. The van der Waals surface area contributed by atoms with Crippen molar-refractivity contribution < 1.29 is 4.79 Å². The van der Waals surface area contributed by atoms with Crippen molar-refractivity contribution in [2.24, 2.45) is 10.9 Å². The quantitative estimate of drug-likeness (QED) is 0.705. The topological polar surface area (TPSA) is 29.4 Å². The Kier molecular flexibility index (Phi) is 2.51. The number of carbonyl (C=O) groups excluding carboxylic acids is 1. The normalized spacial score (nSPS) is 19.2. The maximum atomic E-state index is 12.0. The lowest BCUT2D eigenvalue weighted by Crippen LogP contribution is -2.18. The molecule has 0 saturated carbocycles. The number of hydrogen-bond donors (Lipinski definition) is 0. The average molecular weight is 266 g/mol. The molecule has 3 heteroatoms. The van der Waals surface area contributed by atoms with E-state index in [1.165, 1.54) is 0 Å². The maximum Gasteiger partial charge on any atom is 0.173 e. The van der Waals surface area contributed by atoms with Gasteiger partial charge in [0.25, 0.3) is 0 Å². The summed E-state index contributed by atoms with van der Waals surface area (Å²) < 4.78 is 0.983. The van der Waals surface area contributed by atoms with Crippen LogP contribution in [-0.2, 0) is 0 Å². The summed E-state index contributed by atoms with van der Waals surface area (Å²) in [6.45, 7) is 5.81. The van der Waals surface area contributed by atoms with Gasteiger partial charge in [0.15, 0.2) is 5.78 Å². The molecule has 78 valence electrons. The second-order valence-electron chi connectivity index (χ2n) is 3.95. The van der Waals surface area contributed by atoms with Gasteiger partial charge in [0.1, 0.15) is 0 Å². The Hall–Kier alpha value is -0.960. The van der Waals surface area contributed by atoms with Gasteiger partial charge < -0.3 is 0 Å². The highest BCUT2D eigenvalue weighted by Crippen LogP contribution is 2.36. The molecule has 1 heterocycles. The van der Waals surface area contributed by atoms with Gasteiger partial charge in [0.2, 0.25) is 0 Å². The highest BCUT2D eigenvalue weighted by Gasteiger charge is 2.25. The molecule has 1 aromatic carbocycles. The van der Waals surface area contributed by atoms with Crippen molar-refractivity contribution in [3.05, 3.63) is 27.2 Å². The first-order valence-corrected chi connectivity index (χ1v) is 5.69. The van der Waals surface area contributed by atoms with E-state index in [9.17, 15) is 4.79 Å². The molecule has 1 atom stereocenters. The molecule has 2 rings (SSSR count). The average Bonchev–Trinajstić information content (AvgIpc) is 2.19. The number of nitrogens with zero attached hydrogens (tertiary/aromatic N) is 1. The Balaban J connectivity index is 2.78. The molecule has 0 spiro atoms. The molecule has 0 aromatic heterocycles. The van der Waals surface area contributed by atoms with E-state index >= 15 is 0 Å². The largest absolute Gasteiger partial charge is 0.293 e. The number of rotatable bonds is 0. The summed E-state index contributed by atoms with van der Waals surface area (Å²) in [5.41, 5.74) is 3.64. The van der Waals surface area contributed by atoms with E-state index in [1.807, 2.05) is 26.8 Å². The van der Waals surface area contributed by atoms with Crippen molar-refractivity contribution in [3.8, 4) is 0 Å². The Bertz CT molecular complexity index is 477. The van der Waals surface area contributed by atoms with E-state index in [0.29, 0.717) is 0 Å². The third kappa shape index (κ3) is 1.55. The van der Waals surface area contributed by atoms with Crippen LogP contribution in [0.4, 0.5) is 5.69 Å². The van der Waals surface area contributed by atoms with Crippen LogP contribution in [0, 0.1) is 19.8 Å². The van der Waals surface area contributed by atoms with E-state index in [2.05, 4.69) is 20.9 Å². The SMILES string of the molecule is Cc1cc(Br)c(C)c2c1N=CC(C)C2=O. The first kappa shape index (κ1) is 10.6. The number of hydrogen-bond acceptors (Lipinski definition) is 2. The van der Waals surface area contributed by atoms with Crippen LogP contribution in [0.2, 0.25) is 0 Å². The maximum absolute atomic E-state index is 12.0. The van der Waals surface area contributed by atoms with Gasteiger partial charge in [-0.15, -0.1) is 0 Å². The third-order valence-corrected chi connectivity index (χ3v) is 3.60. The van der Waals surface area contributed by atoms with Gasteiger partial charge in [-0.25, -0.2) is 0 Å². The highest BCUT2D eigenvalue weighted by atomic mass is 79.9. The van der Waals surface area contributed by atoms with Crippen LogP contribution in [0.1, 0.15) is 28.4 Å². The fourth-order valence-electron chi connectivity index (χ4n) is 1.81. The fraction of sp³-hybridized carbons (Fsp3) is 0.333. The van der Waals surface area contributed by atoms with Crippen LogP contribution in [0.15, 0.2) is 15.5 Å². The smallest absolute Gasteiger partial charge is 0.173 e. The zero-order chi connectivity index (χ0) is 11.2. The number of benzene rings is 1. The number of carbonyl (C=O) groups is 1. The van der Waals surface area contributed by atoms with Crippen molar-refractivity contribution in [2.75, 3.05) is 0 Å². The Morgan fingerprint density at radius 2 is 2.07 bits per heavy atom. The first-order chi connectivity index (χ1) is 7.02. The number of fused-ring (bicyclic) bond motifs is 1. The molecule has 0 aliphatic carbocycles. The number of aliphatic imine (C=N–C) groups is 1. The van der Waals surface area contributed by atoms with Crippen molar-refractivity contribution in [2.45, 2.75) is 20.8 Å². The van der Waals surface area contributed by atoms with Crippen molar-refractivity contribution >= 4 is 33.6 Å². The van der Waals surface area contributed by atoms with Crippen LogP contribution in [0.25, 0.3) is 0 Å². The zero-order valence-electron chi connectivity index (χ0n) is 8.97. The molecule has 1 unspecified atom stereocenters. The number of Topliss-reactive ketones (excluding diaryl/α,β-unsaturated/α-hetero) is 1. The number of ketones is 1. The fourth-order valence-corrected chi connectivity index (χ4v) is 2.35.